The maximum Gasteiger partial charge on any atom is 0.262 e. The predicted octanol–water partition coefficient (Wildman–Crippen LogP) is 6.91. The number of rotatable bonds is 10. The molecule has 1 saturated heterocycles. The number of aryl methyl sites for hydroxylation is 2. The number of nitrogens with zero attached hydrogens (tertiary/aromatic N) is 5. The van der Waals surface area contributed by atoms with E-state index in [9.17, 15) is 9.59 Å². The average molecular weight is 660 g/mol. The molecule has 2 heterocycles. The van der Waals surface area contributed by atoms with Crippen molar-refractivity contribution in [2.75, 3.05) is 61.8 Å². The summed E-state index contributed by atoms with van der Waals surface area (Å²) in [5.74, 6) is -0.819. The van der Waals surface area contributed by atoms with Crippen LogP contribution in [0.2, 0.25) is 5.02 Å². The maximum atomic E-state index is 15.2. The Kier molecular flexibility index (Phi) is 10.6. The van der Waals surface area contributed by atoms with Gasteiger partial charge in [0, 0.05) is 62.4 Å². The summed E-state index contributed by atoms with van der Waals surface area (Å²) < 4.78 is 21.3. The monoisotopic (exact) mass is 659 g/mol. The van der Waals surface area contributed by atoms with Gasteiger partial charge in [0.05, 0.1) is 10.7 Å². The molecule has 0 bridgehead atoms. The zero-order chi connectivity index (χ0) is 33.7. The number of aromatic nitrogens is 2. The number of anilines is 4. The van der Waals surface area contributed by atoms with E-state index < -0.39 is 5.91 Å². The Morgan fingerprint density at radius 3 is 2.34 bits per heavy atom. The summed E-state index contributed by atoms with van der Waals surface area (Å²) in [5, 5.41) is 6.13. The van der Waals surface area contributed by atoms with E-state index in [2.05, 4.69) is 32.5 Å². The van der Waals surface area contributed by atoms with E-state index >= 15 is 4.39 Å². The Bertz CT molecular complexity index is 1750. The van der Waals surface area contributed by atoms with E-state index in [0.29, 0.717) is 35.7 Å². The van der Waals surface area contributed by atoms with Crippen molar-refractivity contribution < 1.29 is 18.7 Å². The second kappa shape index (κ2) is 14.8. The van der Waals surface area contributed by atoms with E-state index in [1.54, 1.807) is 29.2 Å². The normalized spacial score (nSPS) is 13.3. The lowest BCUT2D eigenvalue weighted by atomic mass is 10.1. The summed E-state index contributed by atoms with van der Waals surface area (Å²) in [6, 6.07) is 15.3. The van der Waals surface area contributed by atoms with Crippen molar-refractivity contribution in [3.63, 3.8) is 0 Å². The van der Waals surface area contributed by atoms with Gasteiger partial charge in [-0.25, -0.2) is 9.37 Å². The van der Waals surface area contributed by atoms with Crippen LogP contribution in [0.5, 0.6) is 11.6 Å². The van der Waals surface area contributed by atoms with Crippen LogP contribution >= 0.6 is 11.6 Å². The van der Waals surface area contributed by atoms with Crippen LogP contribution in [0.15, 0.2) is 60.8 Å². The first-order valence-electron chi connectivity index (χ1n) is 15.6. The third-order valence-corrected chi connectivity index (χ3v) is 8.50. The lowest BCUT2D eigenvalue weighted by molar-refractivity contribution is 0.0772. The van der Waals surface area contributed by atoms with E-state index in [4.69, 9.17) is 16.3 Å². The molecule has 1 aromatic heterocycles. The SMILES string of the molecule is CCN(CC)C(=O)c1ccc(Oc2nc(Nc3ccc(N4CCN(C)CC4)c(F)c3)ncc2C(=O)Nc2c(C)cccc2C)c(Cl)c1. The molecule has 2 amide bonds. The summed E-state index contributed by atoms with van der Waals surface area (Å²) in [6.45, 7) is 11.9. The van der Waals surface area contributed by atoms with E-state index in [1.807, 2.05) is 50.8 Å². The molecule has 0 spiro atoms. The van der Waals surface area contributed by atoms with Crippen LogP contribution in [-0.2, 0) is 0 Å². The molecule has 246 valence electrons. The smallest absolute Gasteiger partial charge is 0.262 e. The molecule has 0 atom stereocenters. The van der Waals surface area contributed by atoms with Gasteiger partial charge in [0.2, 0.25) is 11.8 Å². The molecule has 0 saturated carbocycles. The number of hydrogen-bond donors (Lipinski definition) is 2. The Balaban J connectivity index is 1.44. The number of ether oxygens (including phenoxy) is 1. The second-order valence-electron chi connectivity index (χ2n) is 11.4. The Labute approximate surface area is 279 Å². The molecule has 0 unspecified atom stereocenters. The van der Waals surface area contributed by atoms with Gasteiger partial charge in [-0.05, 0) is 82.3 Å². The number of piperazine rings is 1. The molecule has 1 aliphatic heterocycles. The summed E-state index contributed by atoms with van der Waals surface area (Å²) in [5.41, 5.74) is 3.86. The molecule has 4 aromatic rings. The summed E-state index contributed by atoms with van der Waals surface area (Å²) in [7, 11) is 2.05. The molecule has 1 aliphatic rings. The molecule has 1 fully saturated rings. The summed E-state index contributed by atoms with van der Waals surface area (Å²) in [4.78, 5) is 41.2. The van der Waals surface area contributed by atoms with E-state index in [1.165, 1.54) is 18.3 Å². The number of likely N-dealkylation sites (N-methyl/N-ethyl adjacent to an activating group) is 1. The van der Waals surface area contributed by atoms with Crippen LogP contribution in [0.25, 0.3) is 0 Å². The molecule has 5 rings (SSSR count). The van der Waals surface area contributed by atoms with Crippen molar-refractivity contribution in [1.29, 1.82) is 0 Å². The van der Waals surface area contributed by atoms with Crippen molar-refractivity contribution in [2.24, 2.45) is 0 Å². The van der Waals surface area contributed by atoms with Crippen molar-refractivity contribution in [2.45, 2.75) is 27.7 Å². The maximum absolute atomic E-state index is 15.2. The minimum atomic E-state index is -0.490. The summed E-state index contributed by atoms with van der Waals surface area (Å²) >= 11 is 6.59. The Hall–Kier alpha value is -4.74. The highest BCUT2D eigenvalue weighted by molar-refractivity contribution is 6.32. The predicted molar refractivity (Wildman–Crippen MR) is 184 cm³/mol. The van der Waals surface area contributed by atoms with Gasteiger partial charge in [0.15, 0.2) is 0 Å². The highest BCUT2D eigenvalue weighted by atomic mass is 35.5. The molecule has 3 aromatic carbocycles. The van der Waals surface area contributed by atoms with Crippen LogP contribution in [0.3, 0.4) is 0 Å². The van der Waals surface area contributed by atoms with Gasteiger partial charge in [0.1, 0.15) is 17.1 Å². The lowest BCUT2D eigenvalue weighted by Crippen LogP contribution is -2.44. The van der Waals surface area contributed by atoms with Crippen molar-refractivity contribution >= 4 is 46.4 Å². The van der Waals surface area contributed by atoms with Gasteiger partial charge < -0.3 is 30.1 Å². The third kappa shape index (κ3) is 7.81. The number of benzene rings is 3. The first-order valence-corrected chi connectivity index (χ1v) is 16.0. The molecule has 0 aliphatic carbocycles. The van der Waals surface area contributed by atoms with Crippen molar-refractivity contribution in [1.82, 2.24) is 19.8 Å². The van der Waals surface area contributed by atoms with Crippen LogP contribution in [0.1, 0.15) is 45.7 Å². The van der Waals surface area contributed by atoms with Gasteiger partial charge in [-0.1, -0.05) is 29.8 Å². The Morgan fingerprint density at radius 2 is 1.70 bits per heavy atom. The van der Waals surface area contributed by atoms with E-state index in [0.717, 1.165) is 37.3 Å². The number of nitrogens with one attached hydrogen (secondary N) is 2. The largest absolute Gasteiger partial charge is 0.436 e. The number of carbonyl (C=O) groups excluding carboxylic acids is 2. The van der Waals surface area contributed by atoms with Crippen molar-refractivity contribution in [3.05, 3.63) is 93.9 Å². The number of para-hydroxylation sites is 1. The quantitative estimate of drug-likeness (QED) is 0.189. The molecular weight excluding hydrogens is 621 g/mol. The van der Waals surface area contributed by atoms with Gasteiger partial charge in [0.25, 0.3) is 11.8 Å². The number of hydrogen-bond acceptors (Lipinski definition) is 8. The van der Waals surface area contributed by atoms with Crippen LogP contribution in [-0.4, -0.2) is 77.9 Å². The minimum absolute atomic E-state index is 0.0501. The average Bonchev–Trinajstić information content (AvgIpc) is 3.05. The Morgan fingerprint density at radius 1 is 1.00 bits per heavy atom. The van der Waals surface area contributed by atoms with Crippen LogP contribution < -0.4 is 20.3 Å². The fourth-order valence-corrected chi connectivity index (χ4v) is 5.60. The van der Waals surface area contributed by atoms with Crippen LogP contribution in [0, 0.1) is 19.7 Å². The first kappa shape index (κ1) is 33.6. The van der Waals surface area contributed by atoms with Gasteiger partial charge in [-0.15, -0.1) is 0 Å². The second-order valence-corrected chi connectivity index (χ2v) is 11.8. The molecule has 10 nitrogen and oxygen atoms in total. The number of amides is 2. The fraction of sp³-hybridized carbons (Fsp3) is 0.314. The number of carbonyl (C=O) groups is 2. The van der Waals surface area contributed by atoms with E-state index in [-0.39, 0.29) is 39.9 Å². The van der Waals surface area contributed by atoms with Crippen molar-refractivity contribution in [3.8, 4) is 11.6 Å². The zero-order valence-corrected chi connectivity index (χ0v) is 28.0. The van der Waals surface area contributed by atoms with Gasteiger partial charge in [-0.2, -0.15) is 4.98 Å². The summed E-state index contributed by atoms with van der Waals surface area (Å²) in [6.07, 6.45) is 1.34. The molecule has 0 radical (unpaired) electrons. The highest BCUT2D eigenvalue weighted by Crippen LogP contribution is 2.33. The zero-order valence-electron chi connectivity index (χ0n) is 27.2. The standard InChI is InChI=1S/C35H39ClFN7O3/c1-6-43(7-2)34(46)24-11-14-30(27(36)19-24)47-33-26(32(45)40-31-22(3)9-8-10-23(31)4)21-38-35(41-33)39-25-12-13-29(28(37)20-25)44-17-15-42(5)16-18-44/h8-14,19-21H,6-7,15-18H2,1-5H3,(H,40,45)(H,38,39,41). The third-order valence-electron chi connectivity index (χ3n) is 8.20. The molecule has 12 heteroatoms. The molecule has 2 N–H and O–H groups in total. The molecular formula is C35H39ClFN7O3. The lowest BCUT2D eigenvalue weighted by Gasteiger charge is -2.34. The minimum Gasteiger partial charge on any atom is -0.436 e. The molecule has 47 heavy (non-hydrogen) atoms. The number of halogens is 2. The topological polar surface area (TPSA) is 103 Å². The highest BCUT2D eigenvalue weighted by Gasteiger charge is 2.22. The van der Waals surface area contributed by atoms with Gasteiger partial charge >= 0.3 is 0 Å². The van der Waals surface area contributed by atoms with Gasteiger partial charge in [-0.3, -0.25) is 9.59 Å². The first-order chi connectivity index (χ1) is 22.6. The van der Waals surface area contributed by atoms with Crippen LogP contribution in [0.4, 0.5) is 27.4 Å². The fourth-order valence-electron chi connectivity index (χ4n) is 5.38.